The number of benzene rings is 2. The summed E-state index contributed by atoms with van der Waals surface area (Å²) in [5.74, 6) is 1.25. The number of rotatable bonds is 6. The Kier molecular flexibility index (Phi) is 6.08. The number of nitrogens with one attached hydrogen (secondary N) is 1. The van der Waals surface area contributed by atoms with Gasteiger partial charge in [0.25, 0.3) is 5.91 Å². The van der Waals surface area contributed by atoms with Crippen molar-refractivity contribution in [1.29, 1.82) is 0 Å². The van der Waals surface area contributed by atoms with Crippen LogP contribution < -0.4 is 10.1 Å². The highest BCUT2D eigenvalue weighted by molar-refractivity contribution is 6.35. The van der Waals surface area contributed by atoms with Gasteiger partial charge in [0.2, 0.25) is 5.88 Å². The van der Waals surface area contributed by atoms with E-state index in [4.69, 9.17) is 39.5 Å². The van der Waals surface area contributed by atoms with E-state index in [-0.39, 0.29) is 23.2 Å². The number of fused-ring (bicyclic) bond motifs is 2. The van der Waals surface area contributed by atoms with Gasteiger partial charge in [-0.05, 0) is 73.6 Å². The lowest BCUT2D eigenvalue weighted by Crippen LogP contribution is -2.39. The average molecular weight is 505 g/mol. The molecule has 1 heterocycles. The molecule has 2 aromatic carbocycles. The summed E-state index contributed by atoms with van der Waals surface area (Å²) in [6.45, 7) is 0. The molecule has 3 unspecified atom stereocenters. The second-order valence-electron chi connectivity index (χ2n) is 8.50. The first-order valence-electron chi connectivity index (χ1n) is 10.7. The Morgan fingerprint density at radius 1 is 1.06 bits per heavy atom. The van der Waals surface area contributed by atoms with Crippen molar-refractivity contribution >= 4 is 47.0 Å². The minimum Gasteiger partial charge on any atom is -0.438 e. The molecule has 2 fully saturated rings. The minimum atomic E-state index is -0.403. The molecule has 1 N–H and O–H groups in total. The van der Waals surface area contributed by atoms with E-state index < -0.39 is 5.91 Å². The molecule has 9 heteroatoms. The zero-order valence-electron chi connectivity index (χ0n) is 17.4. The standard InChI is InChI=1S/C24H20Cl3N3O3/c25-15-3-6-17(7-4-15)33-24-18(12-31)22(23(32)28-20-10-13-1-2-14(20)9-13)29-30(24)21-8-5-16(26)11-19(21)27/h3-8,11-14,20H,1-2,9-10H2,(H,28,32). The molecule has 5 rings (SSSR count). The van der Waals surface area contributed by atoms with Crippen LogP contribution in [0.4, 0.5) is 0 Å². The van der Waals surface area contributed by atoms with E-state index in [1.807, 2.05) is 0 Å². The molecule has 1 aromatic heterocycles. The quantitative estimate of drug-likeness (QED) is 0.397. The molecular formula is C24H20Cl3N3O3. The molecule has 3 atom stereocenters. The Hall–Kier alpha value is -2.54. The Morgan fingerprint density at radius 3 is 2.45 bits per heavy atom. The number of carbonyl (C=O) groups is 2. The molecule has 0 aliphatic heterocycles. The van der Waals surface area contributed by atoms with E-state index in [9.17, 15) is 9.59 Å². The zero-order chi connectivity index (χ0) is 23.1. The molecule has 170 valence electrons. The fraction of sp³-hybridized carbons (Fsp3) is 0.292. The van der Waals surface area contributed by atoms with Crippen LogP contribution in [0.5, 0.6) is 11.6 Å². The highest BCUT2D eigenvalue weighted by Gasteiger charge is 2.41. The van der Waals surface area contributed by atoms with Crippen molar-refractivity contribution in [1.82, 2.24) is 15.1 Å². The van der Waals surface area contributed by atoms with Crippen LogP contribution in [0.2, 0.25) is 15.1 Å². The number of nitrogens with zero attached hydrogens (tertiary/aromatic N) is 2. The van der Waals surface area contributed by atoms with Crippen molar-refractivity contribution in [3.63, 3.8) is 0 Å². The molecular weight excluding hydrogens is 485 g/mol. The Morgan fingerprint density at radius 2 is 1.82 bits per heavy atom. The molecule has 1 amide bonds. The van der Waals surface area contributed by atoms with Gasteiger partial charge in [0.05, 0.1) is 10.7 Å². The van der Waals surface area contributed by atoms with Gasteiger partial charge < -0.3 is 10.1 Å². The number of amides is 1. The monoisotopic (exact) mass is 503 g/mol. The third kappa shape index (κ3) is 4.35. The maximum atomic E-state index is 13.2. The average Bonchev–Trinajstić information content (AvgIpc) is 3.50. The second kappa shape index (κ2) is 9.01. The lowest BCUT2D eigenvalue weighted by atomic mass is 9.95. The summed E-state index contributed by atoms with van der Waals surface area (Å²) in [5, 5.41) is 8.82. The first kappa shape index (κ1) is 22.3. The van der Waals surface area contributed by atoms with Crippen LogP contribution in [-0.2, 0) is 0 Å². The second-order valence-corrected chi connectivity index (χ2v) is 9.78. The van der Waals surface area contributed by atoms with Gasteiger partial charge in [-0.1, -0.05) is 41.2 Å². The molecule has 2 bridgehead atoms. The van der Waals surface area contributed by atoms with E-state index >= 15 is 0 Å². The predicted molar refractivity (Wildman–Crippen MR) is 127 cm³/mol. The summed E-state index contributed by atoms with van der Waals surface area (Å²) >= 11 is 18.4. The third-order valence-electron chi connectivity index (χ3n) is 6.43. The Balaban J connectivity index is 1.56. The van der Waals surface area contributed by atoms with Gasteiger partial charge in [-0.3, -0.25) is 9.59 Å². The van der Waals surface area contributed by atoms with Gasteiger partial charge >= 0.3 is 0 Å². The fourth-order valence-corrected chi connectivity index (χ4v) is 5.49. The molecule has 0 saturated heterocycles. The maximum absolute atomic E-state index is 13.2. The van der Waals surface area contributed by atoms with Crippen LogP contribution in [-0.4, -0.2) is 28.0 Å². The van der Waals surface area contributed by atoms with Crippen LogP contribution in [0, 0.1) is 11.8 Å². The highest BCUT2D eigenvalue weighted by Crippen LogP contribution is 2.44. The molecule has 6 nitrogen and oxygen atoms in total. The SMILES string of the molecule is O=Cc1c(C(=O)NC2CC3CCC2C3)nn(-c2ccc(Cl)cc2Cl)c1Oc1ccc(Cl)cc1. The van der Waals surface area contributed by atoms with Gasteiger partial charge in [0.15, 0.2) is 12.0 Å². The predicted octanol–water partition coefficient (Wildman–Crippen LogP) is 6.36. The number of hydrogen-bond acceptors (Lipinski definition) is 4. The first-order chi connectivity index (χ1) is 15.9. The van der Waals surface area contributed by atoms with Crippen molar-refractivity contribution < 1.29 is 14.3 Å². The van der Waals surface area contributed by atoms with E-state index in [1.54, 1.807) is 42.5 Å². The van der Waals surface area contributed by atoms with Crippen molar-refractivity contribution in [3.8, 4) is 17.3 Å². The zero-order valence-corrected chi connectivity index (χ0v) is 19.7. The summed E-state index contributed by atoms with van der Waals surface area (Å²) in [7, 11) is 0. The number of aldehydes is 1. The number of carbonyl (C=O) groups excluding carboxylic acids is 2. The van der Waals surface area contributed by atoms with Crippen LogP contribution in [0.25, 0.3) is 5.69 Å². The number of aromatic nitrogens is 2. The van der Waals surface area contributed by atoms with Crippen molar-refractivity contribution in [2.24, 2.45) is 11.8 Å². The Bertz CT molecular complexity index is 1230. The molecule has 33 heavy (non-hydrogen) atoms. The van der Waals surface area contributed by atoms with Crippen molar-refractivity contribution in [3.05, 3.63) is 68.8 Å². The summed E-state index contributed by atoms with van der Waals surface area (Å²) < 4.78 is 7.37. The van der Waals surface area contributed by atoms with Crippen molar-refractivity contribution in [2.45, 2.75) is 31.7 Å². The molecule has 3 aromatic rings. The van der Waals surface area contributed by atoms with Crippen LogP contribution in [0.15, 0.2) is 42.5 Å². The summed E-state index contributed by atoms with van der Waals surface area (Å²) in [4.78, 5) is 25.4. The van der Waals surface area contributed by atoms with E-state index in [2.05, 4.69) is 10.4 Å². The minimum absolute atomic E-state index is 0.0113. The van der Waals surface area contributed by atoms with Crippen LogP contribution in [0.3, 0.4) is 0 Å². The lowest BCUT2D eigenvalue weighted by molar-refractivity contribution is 0.0912. The molecule has 2 aliphatic carbocycles. The van der Waals surface area contributed by atoms with Crippen LogP contribution in [0.1, 0.15) is 46.5 Å². The van der Waals surface area contributed by atoms with E-state index in [1.165, 1.54) is 11.1 Å². The number of halogens is 3. The first-order valence-corrected chi connectivity index (χ1v) is 11.8. The lowest BCUT2D eigenvalue weighted by Gasteiger charge is -2.22. The number of ether oxygens (including phenoxy) is 1. The summed E-state index contributed by atoms with van der Waals surface area (Å²) in [6, 6.07) is 11.6. The molecule has 0 radical (unpaired) electrons. The molecule has 2 saturated carbocycles. The van der Waals surface area contributed by atoms with Gasteiger partial charge in [0.1, 0.15) is 11.3 Å². The topological polar surface area (TPSA) is 73.2 Å². The summed E-state index contributed by atoms with van der Waals surface area (Å²) in [5.41, 5.74) is 0.450. The van der Waals surface area contributed by atoms with Crippen LogP contribution >= 0.6 is 34.8 Å². The van der Waals surface area contributed by atoms with E-state index in [0.29, 0.717) is 44.6 Å². The fourth-order valence-electron chi connectivity index (χ4n) is 4.88. The van der Waals surface area contributed by atoms with Gasteiger partial charge in [0, 0.05) is 16.1 Å². The summed E-state index contributed by atoms with van der Waals surface area (Å²) in [6.07, 6.45) is 5.03. The van der Waals surface area contributed by atoms with Crippen molar-refractivity contribution in [2.75, 3.05) is 0 Å². The van der Waals surface area contributed by atoms with Gasteiger partial charge in [-0.25, -0.2) is 0 Å². The Labute approximate surface area is 205 Å². The molecule has 0 spiro atoms. The van der Waals surface area contributed by atoms with E-state index in [0.717, 1.165) is 19.3 Å². The molecule has 2 aliphatic rings. The van der Waals surface area contributed by atoms with Gasteiger partial charge in [-0.2, -0.15) is 9.78 Å². The highest BCUT2D eigenvalue weighted by atomic mass is 35.5. The number of hydrogen-bond donors (Lipinski definition) is 1. The smallest absolute Gasteiger partial charge is 0.272 e. The largest absolute Gasteiger partial charge is 0.438 e. The normalized spacial score (nSPS) is 21.2. The maximum Gasteiger partial charge on any atom is 0.272 e. The third-order valence-corrected chi connectivity index (χ3v) is 7.22. The van der Waals surface area contributed by atoms with Gasteiger partial charge in [-0.15, -0.1) is 0 Å².